The van der Waals surface area contributed by atoms with E-state index in [1.54, 1.807) is 18.2 Å². The lowest BCUT2D eigenvalue weighted by Gasteiger charge is -2.11. The van der Waals surface area contributed by atoms with E-state index in [1.165, 1.54) is 6.26 Å². The van der Waals surface area contributed by atoms with E-state index >= 15 is 0 Å². The summed E-state index contributed by atoms with van der Waals surface area (Å²) in [6, 6.07) is 9.06. The Morgan fingerprint density at radius 2 is 1.71 bits per heavy atom. The van der Waals surface area contributed by atoms with E-state index in [9.17, 15) is 9.59 Å². The van der Waals surface area contributed by atoms with Crippen molar-refractivity contribution in [3.63, 3.8) is 0 Å². The van der Waals surface area contributed by atoms with Crippen molar-refractivity contribution in [2.24, 2.45) is 0 Å². The standard InChI is InChI=1S/C20H18O4/c1-11-6-12(2)18(13(3)7-11)19(23)16-9-14(10-17(21)22)8-15-4-5-24-20(15)16/h4-9H,10H2,1-3H3,(H,21,22). The van der Waals surface area contributed by atoms with E-state index in [4.69, 9.17) is 9.52 Å². The van der Waals surface area contributed by atoms with Gasteiger partial charge in [0, 0.05) is 10.9 Å². The number of aliphatic carboxylic acids is 1. The minimum Gasteiger partial charge on any atom is -0.481 e. The van der Waals surface area contributed by atoms with Crippen LogP contribution in [0.3, 0.4) is 0 Å². The van der Waals surface area contributed by atoms with Gasteiger partial charge in [0.1, 0.15) is 5.58 Å². The van der Waals surface area contributed by atoms with Gasteiger partial charge in [-0.2, -0.15) is 0 Å². The van der Waals surface area contributed by atoms with Crippen molar-refractivity contribution in [1.82, 2.24) is 0 Å². The second-order valence-electron chi connectivity index (χ2n) is 6.16. The van der Waals surface area contributed by atoms with Crippen LogP contribution in [0.25, 0.3) is 11.0 Å². The summed E-state index contributed by atoms with van der Waals surface area (Å²) < 4.78 is 5.49. The highest BCUT2D eigenvalue weighted by Crippen LogP contribution is 2.27. The van der Waals surface area contributed by atoms with Crippen LogP contribution in [0.1, 0.15) is 38.2 Å². The van der Waals surface area contributed by atoms with Gasteiger partial charge in [0.15, 0.2) is 5.78 Å². The Morgan fingerprint density at radius 1 is 1.04 bits per heavy atom. The third-order valence-electron chi connectivity index (χ3n) is 4.12. The summed E-state index contributed by atoms with van der Waals surface area (Å²) in [5.74, 6) is -1.07. The quantitative estimate of drug-likeness (QED) is 0.730. The molecule has 0 atom stereocenters. The number of fused-ring (bicyclic) bond motifs is 1. The fraction of sp³-hybridized carbons (Fsp3) is 0.200. The highest BCUT2D eigenvalue weighted by molar-refractivity contribution is 6.16. The number of hydrogen-bond acceptors (Lipinski definition) is 3. The molecule has 1 aromatic heterocycles. The van der Waals surface area contributed by atoms with Gasteiger partial charge in [-0.3, -0.25) is 9.59 Å². The number of ketones is 1. The fourth-order valence-corrected chi connectivity index (χ4v) is 3.26. The maximum atomic E-state index is 13.1. The number of carbonyl (C=O) groups is 2. The number of carboxylic acids is 1. The predicted molar refractivity (Wildman–Crippen MR) is 91.6 cm³/mol. The van der Waals surface area contributed by atoms with Gasteiger partial charge < -0.3 is 9.52 Å². The van der Waals surface area contributed by atoms with Crippen molar-refractivity contribution >= 4 is 22.7 Å². The summed E-state index contributed by atoms with van der Waals surface area (Å²) in [4.78, 5) is 24.2. The summed E-state index contributed by atoms with van der Waals surface area (Å²) >= 11 is 0. The van der Waals surface area contributed by atoms with Crippen molar-refractivity contribution in [1.29, 1.82) is 0 Å². The summed E-state index contributed by atoms with van der Waals surface area (Å²) in [5, 5.41) is 9.78. The Bertz CT molecular complexity index is 940. The molecule has 4 nitrogen and oxygen atoms in total. The van der Waals surface area contributed by atoms with E-state index in [0.29, 0.717) is 22.3 Å². The molecule has 0 aliphatic heterocycles. The molecular formula is C20H18O4. The minimum absolute atomic E-state index is 0.132. The second-order valence-corrected chi connectivity index (χ2v) is 6.16. The van der Waals surface area contributed by atoms with E-state index < -0.39 is 5.97 Å². The Labute approximate surface area is 139 Å². The van der Waals surface area contributed by atoms with Gasteiger partial charge in [-0.25, -0.2) is 0 Å². The Hall–Kier alpha value is -2.88. The summed E-state index contributed by atoms with van der Waals surface area (Å²) in [7, 11) is 0. The number of aryl methyl sites for hydroxylation is 3. The molecule has 0 saturated carbocycles. The van der Waals surface area contributed by atoms with Gasteiger partial charge in [0.2, 0.25) is 0 Å². The molecule has 0 amide bonds. The zero-order valence-electron chi connectivity index (χ0n) is 13.8. The lowest BCUT2D eigenvalue weighted by Crippen LogP contribution is -2.09. The molecule has 0 bridgehead atoms. The van der Waals surface area contributed by atoms with Crippen LogP contribution in [-0.4, -0.2) is 16.9 Å². The number of furan rings is 1. The largest absolute Gasteiger partial charge is 0.481 e. The first-order valence-corrected chi connectivity index (χ1v) is 7.71. The number of rotatable bonds is 4. The minimum atomic E-state index is -0.932. The highest BCUT2D eigenvalue weighted by atomic mass is 16.4. The maximum Gasteiger partial charge on any atom is 0.307 e. The van der Waals surface area contributed by atoms with Crippen LogP contribution in [0, 0.1) is 20.8 Å². The third kappa shape index (κ3) is 2.83. The number of carbonyl (C=O) groups excluding carboxylic acids is 1. The van der Waals surface area contributed by atoms with Crippen molar-refractivity contribution in [2.45, 2.75) is 27.2 Å². The average molecular weight is 322 g/mol. The lowest BCUT2D eigenvalue weighted by atomic mass is 9.91. The summed E-state index contributed by atoms with van der Waals surface area (Å²) in [6.07, 6.45) is 1.38. The third-order valence-corrected chi connectivity index (χ3v) is 4.12. The van der Waals surface area contributed by atoms with Gasteiger partial charge in [0.25, 0.3) is 0 Å². The Morgan fingerprint density at radius 3 is 2.33 bits per heavy atom. The molecule has 1 N–H and O–H groups in total. The van der Waals surface area contributed by atoms with Crippen LogP contribution in [0.5, 0.6) is 0 Å². The highest BCUT2D eigenvalue weighted by Gasteiger charge is 2.20. The molecule has 0 radical (unpaired) electrons. The van der Waals surface area contributed by atoms with E-state index in [2.05, 4.69) is 0 Å². The zero-order chi connectivity index (χ0) is 17.4. The average Bonchev–Trinajstić information content (AvgIpc) is 2.92. The Balaban J connectivity index is 2.20. The molecular weight excluding hydrogens is 304 g/mol. The molecule has 0 unspecified atom stereocenters. The molecule has 0 fully saturated rings. The lowest BCUT2D eigenvalue weighted by molar-refractivity contribution is -0.136. The van der Waals surface area contributed by atoms with Crippen LogP contribution in [0.15, 0.2) is 41.0 Å². The van der Waals surface area contributed by atoms with Crippen LogP contribution in [0.2, 0.25) is 0 Å². The first-order chi connectivity index (χ1) is 11.4. The topological polar surface area (TPSA) is 67.5 Å². The molecule has 122 valence electrons. The van der Waals surface area contributed by atoms with Gasteiger partial charge in [-0.15, -0.1) is 0 Å². The van der Waals surface area contributed by atoms with Gasteiger partial charge in [-0.05, 0) is 55.7 Å². The molecule has 0 aliphatic rings. The van der Waals surface area contributed by atoms with E-state index in [0.717, 1.165) is 22.1 Å². The molecule has 0 saturated heterocycles. The monoisotopic (exact) mass is 322 g/mol. The smallest absolute Gasteiger partial charge is 0.307 e. The first kappa shape index (κ1) is 16.0. The van der Waals surface area contributed by atoms with Crippen LogP contribution in [-0.2, 0) is 11.2 Å². The molecule has 1 heterocycles. The van der Waals surface area contributed by atoms with E-state index in [-0.39, 0.29) is 12.2 Å². The van der Waals surface area contributed by atoms with Gasteiger partial charge >= 0.3 is 5.97 Å². The SMILES string of the molecule is Cc1cc(C)c(C(=O)c2cc(CC(=O)O)cc3ccoc23)c(C)c1. The van der Waals surface area contributed by atoms with Crippen molar-refractivity contribution in [2.75, 3.05) is 0 Å². The summed E-state index contributed by atoms with van der Waals surface area (Å²) in [5.41, 5.74) is 5.04. The number of carboxylic acid groups (broad SMARTS) is 1. The van der Waals surface area contributed by atoms with Crippen molar-refractivity contribution < 1.29 is 19.1 Å². The maximum absolute atomic E-state index is 13.1. The van der Waals surface area contributed by atoms with Crippen molar-refractivity contribution in [3.8, 4) is 0 Å². The number of benzene rings is 2. The van der Waals surface area contributed by atoms with Crippen LogP contribution < -0.4 is 0 Å². The van der Waals surface area contributed by atoms with Gasteiger partial charge in [0.05, 0.1) is 18.2 Å². The van der Waals surface area contributed by atoms with Crippen LogP contribution in [0.4, 0.5) is 0 Å². The molecule has 3 aromatic rings. The molecule has 24 heavy (non-hydrogen) atoms. The molecule has 0 aliphatic carbocycles. The fourth-order valence-electron chi connectivity index (χ4n) is 3.26. The molecule has 0 spiro atoms. The zero-order valence-corrected chi connectivity index (χ0v) is 13.8. The van der Waals surface area contributed by atoms with Gasteiger partial charge in [-0.1, -0.05) is 17.7 Å². The van der Waals surface area contributed by atoms with Crippen LogP contribution >= 0.6 is 0 Å². The molecule has 2 aromatic carbocycles. The molecule has 3 rings (SSSR count). The number of hydrogen-bond donors (Lipinski definition) is 1. The van der Waals surface area contributed by atoms with E-state index in [1.807, 2.05) is 32.9 Å². The predicted octanol–water partition coefficient (Wildman–Crippen LogP) is 4.22. The Kier molecular flexibility index (Phi) is 3.97. The second kappa shape index (κ2) is 5.96. The van der Waals surface area contributed by atoms with Crippen molar-refractivity contribution in [3.05, 3.63) is 70.0 Å². The summed E-state index contributed by atoms with van der Waals surface area (Å²) in [6.45, 7) is 5.81. The molecule has 4 heteroatoms. The normalized spacial score (nSPS) is 11.0. The first-order valence-electron chi connectivity index (χ1n) is 7.71.